The Kier molecular flexibility index (Phi) is 8.28. The van der Waals surface area contributed by atoms with Crippen molar-refractivity contribution in [3.05, 3.63) is 83.4 Å². The van der Waals surface area contributed by atoms with Crippen LogP contribution < -0.4 is 19.2 Å². The Morgan fingerprint density at radius 3 is 2.36 bits per heavy atom. The summed E-state index contributed by atoms with van der Waals surface area (Å²) in [5.74, 6) is -1.35. The highest BCUT2D eigenvalue weighted by Crippen LogP contribution is 2.35. The molecule has 0 spiro atoms. The van der Waals surface area contributed by atoms with Crippen LogP contribution in [0, 0.1) is 6.92 Å². The van der Waals surface area contributed by atoms with E-state index in [1.165, 1.54) is 56.8 Å². The van der Waals surface area contributed by atoms with Gasteiger partial charge in [-0.15, -0.1) is 0 Å². The van der Waals surface area contributed by atoms with Gasteiger partial charge in [-0.3, -0.25) is 9.10 Å². The average molecular weight is 512 g/mol. The number of aromatic carboxylic acids is 1. The lowest BCUT2D eigenvalue weighted by atomic mass is 10.1. The first kappa shape index (κ1) is 26.2. The Bertz CT molecular complexity index is 1390. The number of nitrogens with one attached hydrogen (secondary N) is 1. The number of carbonyl (C=O) groups is 2. The molecule has 0 aliphatic carbocycles. The van der Waals surface area contributed by atoms with Crippen LogP contribution in [0.1, 0.15) is 21.5 Å². The van der Waals surface area contributed by atoms with E-state index >= 15 is 0 Å². The molecule has 2 N–H and O–H groups in total. The number of ether oxygens (including phenoxy) is 2. The first-order chi connectivity index (χ1) is 17.2. The zero-order chi connectivity index (χ0) is 26.3. The molecule has 188 valence electrons. The lowest BCUT2D eigenvalue weighted by Crippen LogP contribution is -2.39. The van der Waals surface area contributed by atoms with Crippen LogP contribution in [-0.4, -0.2) is 52.4 Å². The van der Waals surface area contributed by atoms with E-state index in [1.807, 2.05) is 6.92 Å². The fraction of sp³-hybridized carbons (Fsp3) is 0.160. The summed E-state index contributed by atoms with van der Waals surface area (Å²) in [5.41, 5.74) is 3.48. The van der Waals surface area contributed by atoms with Gasteiger partial charge in [0.05, 0.1) is 36.6 Å². The van der Waals surface area contributed by atoms with E-state index in [-0.39, 0.29) is 27.5 Å². The Labute approximate surface area is 208 Å². The van der Waals surface area contributed by atoms with Crippen molar-refractivity contribution in [2.24, 2.45) is 5.10 Å². The molecule has 0 aliphatic rings. The molecule has 0 saturated carbocycles. The van der Waals surface area contributed by atoms with Gasteiger partial charge in [-0.25, -0.2) is 18.6 Å². The molecule has 0 aliphatic heterocycles. The van der Waals surface area contributed by atoms with Crippen molar-refractivity contribution < 1.29 is 32.6 Å². The SMILES string of the molecule is COc1ccc(OC)c(N(CC(=O)N/N=C\c2ccccc2C(=O)O)S(=O)(=O)c2ccc(C)cc2)c1. The standard InChI is InChI=1S/C25H25N3O7S/c1-17-8-11-20(12-9-17)36(32,33)28(22-14-19(34-2)10-13-23(22)35-3)16-24(29)27-26-15-18-6-4-5-7-21(18)25(30)31/h4-15H,16H2,1-3H3,(H,27,29)(H,30,31)/b26-15-. The number of methoxy groups -OCH3 is 2. The first-order valence-electron chi connectivity index (χ1n) is 10.6. The van der Waals surface area contributed by atoms with Crippen LogP contribution in [-0.2, 0) is 14.8 Å². The van der Waals surface area contributed by atoms with E-state index in [4.69, 9.17) is 9.47 Å². The van der Waals surface area contributed by atoms with Crippen molar-refractivity contribution >= 4 is 33.8 Å². The molecule has 3 aromatic carbocycles. The number of rotatable bonds is 10. The number of anilines is 1. The topological polar surface area (TPSA) is 135 Å². The first-order valence-corrected chi connectivity index (χ1v) is 12.1. The molecule has 0 radical (unpaired) electrons. The number of hydrogen-bond acceptors (Lipinski definition) is 7. The second kappa shape index (κ2) is 11.4. The van der Waals surface area contributed by atoms with Gasteiger partial charge >= 0.3 is 5.97 Å². The monoisotopic (exact) mass is 511 g/mol. The van der Waals surface area contributed by atoms with E-state index < -0.39 is 28.4 Å². The number of aryl methyl sites for hydroxylation is 1. The maximum atomic E-state index is 13.6. The third kappa shape index (κ3) is 5.99. The molecule has 0 aromatic heterocycles. The lowest BCUT2D eigenvalue weighted by Gasteiger charge is -2.25. The fourth-order valence-corrected chi connectivity index (χ4v) is 4.70. The lowest BCUT2D eigenvalue weighted by molar-refractivity contribution is -0.119. The van der Waals surface area contributed by atoms with E-state index in [1.54, 1.807) is 30.3 Å². The van der Waals surface area contributed by atoms with Gasteiger partial charge in [0.1, 0.15) is 18.0 Å². The summed E-state index contributed by atoms with van der Waals surface area (Å²) in [4.78, 5) is 24.1. The average Bonchev–Trinajstić information content (AvgIpc) is 2.87. The van der Waals surface area contributed by atoms with Crippen molar-refractivity contribution in [2.75, 3.05) is 25.1 Å². The van der Waals surface area contributed by atoms with E-state index in [0.717, 1.165) is 9.87 Å². The molecule has 0 saturated heterocycles. The molecule has 11 heteroatoms. The highest BCUT2D eigenvalue weighted by molar-refractivity contribution is 7.92. The van der Waals surface area contributed by atoms with Crippen molar-refractivity contribution in [3.63, 3.8) is 0 Å². The van der Waals surface area contributed by atoms with Crippen molar-refractivity contribution in [1.82, 2.24) is 5.43 Å². The second-order valence-electron chi connectivity index (χ2n) is 7.55. The minimum Gasteiger partial charge on any atom is -0.497 e. The molecule has 36 heavy (non-hydrogen) atoms. The number of carboxylic acid groups (broad SMARTS) is 1. The third-order valence-corrected chi connectivity index (χ3v) is 6.91. The second-order valence-corrected chi connectivity index (χ2v) is 9.41. The minimum absolute atomic E-state index is 0.000177. The normalized spacial score (nSPS) is 11.2. The number of nitrogens with zero attached hydrogens (tertiary/aromatic N) is 2. The zero-order valence-electron chi connectivity index (χ0n) is 19.8. The molecule has 0 fully saturated rings. The number of amides is 1. The van der Waals surface area contributed by atoms with Crippen LogP contribution in [0.25, 0.3) is 0 Å². The van der Waals surface area contributed by atoms with Gasteiger partial charge in [0.2, 0.25) is 0 Å². The molecule has 0 bridgehead atoms. The molecule has 10 nitrogen and oxygen atoms in total. The Balaban J connectivity index is 1.96. The zero-order valence-corrected chi connectivity index (χ0v) is 20.7. The molecule has 3 rings (SSSR count). The maximum absolute atomic E-state index is 13.6. The molecule has 0 unspecified atom stereocenters. The van der Waals surface area contributed by atoms with Crippen LogP contribution in [0.4, 0.5) is 5.69 Å². The van der Waals surface area contributed by atoms with Crippen LogP contribution in [0.2, 0.25) is 0 Å². The summed E-state index contributed by atoms with van der Waals surface area (Å²) >= 11 is 0. The largest absolute Gasteiger partial charge is 0.497 e. The maximum Gasteiger partial charge on any atom is 0.336 e. The third-order valence-electron chi connectivity index (χ3n) is 5.13. The summed E-state index contributed by atoms with van der Waals surface area (Å²) in [7, 11) is -1.40. The summed E-state index contributed by atoms with van der Waals surface area (Å²) in [5, 5.41) is 13.1. The van der Waals surface area contributed by atoms with Crippen LogP contribution >= 0.6 is 0 Å². The minimum atomic E-state index is -4.21. The van der Waals surface area contributed by atoms with Gasteiger partial charge in [-0.1, -0.05) is 35.9 Å². The summed E-state index contributed by atoms with van der Waals surface area (Å²) < 4.78 is 38.7. The Morgan fingerprint density at radius 1 is 1.03 bits per heavy atom. The smallest absolute Gasteiger partial charge is 0.336 e. The van der Waals surface area contributed by atoms with Gasteiger partial charge < -0.3 is 14.6 Å². The van der Waals surface area contributed by atoms with Crippen molar-refractivity contribution in [1.29, 1.82) is 0 Å². The Hall–Kier alpha value is -4.38. The molecule has 0 heterocycles. The van der Waals surface area contributed by atoms with Gasteiger partial charge in [-0.2, -0.15) is 5.10 Å². The summed E-state index contributed by atoms with van der Waals surface area (Å²) in [6.07, 6.45) is 1.17. The van der Waals surface area contributed by atoms with E-state index in [0.29, 0.717) is 5.75 Å². The number of carbonyl (C=O) groups excluding carboxylic acids is 1. The number of benzene rings is 3. The van der Waals surface area contributed by atoms with Crippen LogP contribution in [0.5, 0.6) is 11.5 Å². The molecule has 0 atom stereocenters. The summed E-state index contributed by atoms with van der Waals surface area (Å²) in [6, 6.07) is 16.9. The molecular formula is C25H25N3O7S. The highest BCUT2D eigenvalue weighted by Gasteiger charge is 2.30. The van der Waals surface area contributed by atoms with Gasteiger partial charge in [-0.05, 0) is 37.3 Å². The predicted molar refractivity (Wildman–Crippen MR) is 134 cm³/mol. The summed E-state index contributed by atoms with van der Waals surface area (Å²) in [6.45, 7) is 1.19. The van der Waals surface area contributed by atoms with Gasteiger partial charge in [0.25, 0.3) is 15.9 Å². The van der Waals surface area contributed by atoms with Gasteiger partial charge in [0.15, 0.2) is 0 Å². The number of sulfonamides is 1. The van der Waals surface area contributed by atoms with Crippen LogP contribution in [0.15, 0.2) is 76.7 Å². The highest BCUT2D eigenvalue weighted by atomic mass is 32.2. The van der Waals surface area contributed by atoms with Crippen molar-refractivity contribution in [3.8, 4) is 11.5 Å². The fourth-order valence-electron chi connectivity index (χ4n) is 3.27. The predicted octanol–water partition coefficient (Wildman–Crippen LogP) is 3.06. The number of hydrazone groups is 1. The van der Waals surface area contributed by atoms with Crippen molar-refractivity contribution in [2.45, 2.75) is 11.8 Å². The molecular weight excluding hydrogens is 486 g/mol. The van der Waals surface area contributed by atoms with Gasteiger partial charge in [0, 0.05) is 11.6 Å². The van der Waals surface area contributed by atoms with E-state index in [9.17, 15) is 23.1 Å². The Morgan fingerprint density at radius 2 is 1.72 bits per heavy atom. The van der Waals surface area contributed by atoms with Crippen LogP contribution in [0.3, 0.4) is 0 Å². The molecule has 1 amide bonds. The number of carboxylic acids is 1. The molecule has 3 aromatic rings. The van der Waals surface area contributed by atoms with E-state index in [2.05, 4.69) is 10.5 Å². The number of hydrogen-bond donors (Lipinski definition) is 2. The quantitative estimate of drug-likeness (QED) is 0.316.